The predicted octanol–water partition coefficient (Wildman–Crippen LogP) is 11.3. The Morgan fingerprint density at radius 2 is 1.40 bits per heavy atom. The zero-order chi connectivity index (χ0) is 33.5. The van der Waals surface area contributed by atoms with E-state index in [1.165, 1.54) is 66.5 Å². The molecule has 3 heteroatoms. The minimum absolute atomic E-state index is 0.373. The molecule has 1 aliphatic heterocycles. The highest BCUT2D eigenvalue weighted by Gasteiger charge is 2.49. The molecule has 2 aliphatic rings. The maximum Gasteiger partial charge on any atom is 0.126 e. The van der Waals surface area contributed by atoms with Crippen LogP contribution in [0.25, 0.3) is 16.8 Å². The van der Waals surface area contributed by atoms with Crippen molar-refractivity contribution < 1.29 is 4.74 Å². The van der Waals surface area contributed by atoms with E-state index < -0.39 is 8.07 Å². The molecule has 0 fully saturated rings. The van der Waals surface area contributed by atoms with Crippen LogP contribution < -0.4 is 9.92 Å². The molecule has 0 bridgehead atoms. The Kier molecular flexibility index (Phi) is 9.40. The standard InChI is InChI=1S/C44H53NOSi/c1-10-24-46-43-39(41-35(29(4)5)22-17-23-36(41)30(6)7)25-31(8)26-40(43)47(11-2,12-3)44-32(9)42(37-20-15-16-21-38(37)44)45-27-33-18-13-14-19-34(33)28-45/h10,13-23,25-26,29-30,44H,1,11-12,24,27-28H2,2-9H3. The van der Waals surface area contributed by atoms with Crippen LogP contribution in [0.2, 0.25) is 12.1 Å². The van der Waals surface area contributed by atoms with Crippen LogP contribution in [0, 0.1) is 6.92 Å². The Morgan fingerprint density at radius 1 is 0.809 bits per heavy atom. The van der Waals surface area contributed by atoms with Gasteiger partial charge in [0.05, 0.1) is 0 Å². The number of hydrogen-bond donors (Lipinski definition) is 0. The minimum Gasteiger partial charge on any atom is -0.489 e. The van der Waals surface area contributed by atoms with Gasteiger partial charge in [-0.05, 0) is 75.9 Å². The molecule has 0 N–H and O–H groups in total. The van der Waals surface area contributed by atoms with Gasteiger partial charge in [0.15, 0.2) is 0 Å². The minimum atomic E-state index is -2.30. The van der Waals surface area contributed by atoms with E-state index in [0.717, 1.165) is 30.9 Å². The number of benzene rings is 4. The Hall–Kier alpha value is -3.82. The summed E-state index contributed by atoms with van der Waals surface area (Å²) in [5, 5.41) is 1.47. The Balaban J connectivity index is 1.62. The third-order valence-electron chi connectivity index (χ3n) is 11.1. The van der Waals surface area contributed by atoms with Crippen molar-refractivity contribution in [3.8, 4) is 16.9 Å². The molecule has 0 amide bonds. The van der Waals surface area contributed by atoms with Crippen LogP contribution >= 0.6 is 0 Å². The molecule has 0 radical (unpaired) electrons. The number of ether oxygens (including phenoxy) is 1. The third-order valence-corrected chi connectivity index (χ3v) is 16.9. The lowest BCUT2D eigenvalue weighted by Gasteiger charge is -2.40. The van der Waals surface area contributed by atoms with E-state index in [9.17, 15) is 0 Å². The van der Waals surface area contributed by atoms with E-state index in [0.29, 0.717) is 24.0 Å². The number of fused-ring (bicyclic) bond motifs is 2. The van der Waals surface area contributed by atoms with Crippen molar-refractivity contribution >= 4 is 19.0 Å². The van der Waals surface area contributed by atoms with Crippen molar-refractivity contribution in [3.63, 3.8) is 0 Å². The van der Waals surface area contributed by atoms with Gasteiger partial charge >= 0.3 is 0 Å². The zero-order valence-electron chi connectivity index (χ0n) is 29.9. The van der Waals surface area contributed by atoms with Gasteiger partial charge in [-0.2, -0.15) is 0 Å². The van der Waals surface area contributed by atoms with Crippen LogP contribution in [-0.2, 0) is 13.1 Å². The molecule has 1 heterocycles. The molecule has 4 aromatic carbocycles. The number of nitrogens with zero attached hydrogens (tertiary/aromatic N) is 1. The molecule has 244 valence electrons. The summed E-state index contributed by atoms with van der Waals surface area (Å²) in [6.07, 6.45) is 1.91. The van der Waals surface area contributed by atoms with Gasteiger partial charge in [-0.15, -0.1) is 0 Å². The van der Waals surface area contributed by atoms with Crippen molar-refractivity contribution in [1.29, 1.82) is 0 Å². The molecule has 0 saturated carbocycles. The molecule has 2 nitrogen and oxygen atoms in total. The topological polar surface area (TPSA) is 12.5 Å². The average Bonchev–Trinajstić information content (AvgIpc) is 3.62. The molecule has 6 rings (SSSR count). The van der Waals surface area contributed by atoms with Gasteiger partial charge in [0, 0.05) is 35.5 Å². The summed E-state index contributed by atoms with van der Waals surface area (Å²) in [5.41, 5.74) is 15.9. The smallest absolute Gasteiger partial charge is 0.126 e. The third kappa shape index (κ3) is 5.61. The van der Waals surface area contributed by atoms with Crippen LogP contribution in [0.1, 0.15) is 105 Å². The van der Waals surface area contributed by atoms with Gasteiger partial charge < -0.3 is 9.64 Å². The molecular formula is C44H53NOSi. The van der Waals surface area contributed by atoms with Crippen molar-refractivity contribution in [1.82, 2.24) is 4.90 Å². The Bertz CT molecular complexity index is 1770. The molecule has 0 saturated heterocycles. The van der Waals surface area contributed by atoms with Crippen molar-refractivity contribution in [3.05, 3.63) is 136 Å². The highest BCUT2D eigenvalue weighted by Crippen LogP contribution is 2.52. The van der Waals surface area contributed by atoms with Gasteiger partial charge in [0.25, 0.3) is 0 Å². The highest BCUT2D eigenvalue weighted by molar-refractivity contribution is 6.94. The summed E-state index contributed by atoms with van der Waals surface area (Å²) in [5.74, 6) is 1.89. The van der Waals surface area contributed by atoms with Crippen LogP contribution in [0.15, 0.2) is 97.1 Å². The lowest BCUT2D eigenvalue weighted by Crippen LogP contribution is -2.53. The average molecular weight is 640 g/mol. The van der Waals surface area contributed by atoms with Gasteiger partial charge in [-0.3, -0.25) is 0 Å². The molecule has 47 heavy (non-hydrogen) atoms. The van der Waals surface area contributed by atoms with Crippen molar-refractivity contribution in [2.75, 3.05) is 6.61 Å². The first kappa shape index (κ1) is 33.1. The SMILES string of the molecule is C=CCOc1c(-c2c(C(C)C)cccc2C(C)C)cc(C)cc1[Si](CC)(CC)C1C(C)=C(N2Cc3ccccc3C2)c2ccccc21. The second-order valence-corrected chi connectivity index (χ2v) is 19.3. The molecule has 0 spiro atoms. The second kappa shape index (κ2) is 13.4. The molecule has 1 unspecified atom stereocenters. The number of aryl methyl sites for hydroxylation is 1. The fourth-order valence-corrected chi connectivity index (χ4v) is 14.2. The van der Waals surface area contributed by atoms with Crippen LogP contribution in [-0.4, -0.2) is 19.6 Å². The maximum atomic E-state index is 6.95. The van der Waals surface area contributed by atoms with E-state index >= 15 is 0 Å². The van der Waals surface area contributed by atoms with Crippen LogP contribution in [0.3, 0.4) is 0 Å². The van der Waals surface area contributed by atoms with Gasteiger partial charge in [0.2, 0.25) is 0 Å². The molecule has 1 atom stereocenters. The fraction of sp³-hybridized carbons (Fsp3) is 0.364. The Labute approximate surface area is 285 Å². The van der Waals surface area contributed by atoms with Gasteiger partial charge in [-0.1, -0.05) is 145 Å². The number of rotatable bonds is 11. The summed E-state index contributed by atoms with van der Waals surface area (Å²) < 4.78 is 6.95. The van der Waals surface area contributed by atoms with E-state index in [-0.39, 0.29) is 0 Å². The number of hydrogen-bond acceptors (Lipinski definition) is 2. The monoisotopic (exact) mass is 639 g/mol. The number of allylic oxidation sites excluding steroid dienone is 1. The lowest BCUT2D eigenvalue weighted by molar-refractivity contribution is 0.367. The largest absolute Gasteiger partial charge is 0.489 e. The first-order valence-electron chi connectivity index (χ1n) is 17.8. The van der Waals surface area contributed by atoms with Crippen molar-refractivity contribution in [2.24, 2.45) is 0 Å². The van der Waals surface area contributed by atoms with Gasteiger partial charge in [0.1, 0.15) is 20.4 Å². The predicted molar refractivity (Wildman–Crippen MR) is 204 cm³/mol. The lowest BCUT2D eigenvalue weighted by atomic mass is 9.84. The summed E-state index contributed by atoms with van der Waals surface area (Å²) in [6.45, 7) is 25.5. The van der Waals surface area contributed by atoms with Gasteiger partial charge in [-0.25, -0.2) is 0 Å². The van der Waals surface area contributed by atoms with E-state index in [4.69, 9.17) is 4.74 Å². The highest BCUT2D eigenvalue weighted by atomic mass is 28.3. The zero-order valence-corrected chi connectivity index (χ0v) is 30.9. The first-order valence-corrected chi connectivity index (χ1v) is 20.3. The normalized spacial score (nSPS) is 15.9. The van der Waals surface area contributed by atoms with Crippen molar-refractivity contribution in [2.45, 2.75) is 97.9 Å². The summed E-state index contributed by atoms with van der Waals surface area (Å²) in [4.78, 5) is 2.65. The quantitative estimate of drug-likeness (QED) is 0.120. The molecule has 0 aromatic heterocycles. The van der Waals surface area contributed by atoms with Crippen LogP contribution in [0.4, 0.5) is 0 Å². The second-order valence-electron chi connectivity index (χ2n) is 14.4. The maximum absolute atomic E-state index is 6.95. The van der Waals surface area contributed by atoms with E-state index in [1.54, 1.807) is 0 Å². The first-order chi connectivity index (χ1) is 22.7. The summed E-state index contributed by atoms with van der Waals surface area (Å²) in [7, 11) is -2.30. The van der Waals surface area contributed by atoms with E-state index in [1.807, 2.05) is 6.08 Å². The van der Waals surface area contributed by atoms with E-state index in [2.05, 4.69) is 146 Å². The van der Waals surface area contributed by atoms with Crippen LogP contribution in [0.5, 0.6) is 5.75 Å². The summed E-state index contributed by atoms with van der Waals surface area (Å²) in [6, 6.07) is 32.4. The summed E-state index contributed by atoms with van der Waals surface area (Å²) >= 11 is 0. The Morgan fingerprint density at radius 3 is 1.98 bits per heavy atom. The molecule has 4 aromatic rings. The molecule has 1 aliphatic carbocycles. The molecular weight excluding hydrogens is 587 g/mol. The fourth-order valence-electron chi connectivity index (χ4n) is 8.85.